The molecule has 3 rings (SSSR count). The zero-order valence-corrected chi connectivity index (χ0v) is 18.0. The molecule has 1 aromatic rings. The number of sulfonamides is 1. The molecule has 2 atom stereocenters. The highest BCUT2D eigenvalue weighted by Crippen LogP contribution is 2.39. The fourth-order valence-corrected chi connectivity index (χ4v) is 5.10. The smallest absolute Gasteiger partial charge is 0.410 e. The number of carbonyl (C=O) groups is 1. The maximum Gasteiger partial charge on any atom is 0.410 e. The minimum Gasteiger partial charge on any atom is -0.438 e. The van der Waals surface area contributed by atoms with Crippen LogP contribution < -0.4 is 4.72 Å². The first kappa shape index (κ1) is 22.0. The Morgan fingerprint density at radius 3 is 2.48 bits per heavy atom. The summed E-state index contributed by atoms with van der Waals surface area (Å²) in [5.74, 6) is 0.120. The second kappa shape index (κ2) is 9.00. The number of amides is 1. The number of hydrogen-bond acceptors (Lipinski definition) is 4. The van der Waals surface area contributed by atoms with Gasteiger partial charge in [-0.2, -0.15) is 0 Å². The minimum absolute atomic E-state index is 0.114. The summed E-state index contributed by atoms with van der Waals surface area (Å²) in [5.41, 5.74) is -0.279. The van der Waals surface area contributed by atoms with Crippen LogP contribution in [0.2, 0.25) is 0 Å². The van der Waals surface area contributed by atoms with Gasteiger partial charge in [0.25, 0.3) is 0 Å². The number of halogens is 1. The van der Waals surface area contributed by atoms with E-state index in [1.54, 1.807) is 12.1 Å². The quantitative estimate of drug-likeness (QED) is 0.720. The predicted octanol–water partition coefficient (Wildman–Crippen LogP) is 3.77. The van der Waals surface area contributed by atoms with Crippen molar-refractivity contribution in [3.05, 3.63) is 35.6 Å². The lowest BCUT2D eigenvalue weighted by atomic mass is 9.82. The van der Waals surface area contributed by atoms with E-state index in [0.29, 0.717) is 30.9 Å². The van der Waals surface area contributed by atoms with Crippen molar-refractivity contribution in [3.8, 4) is 0 Å². The van der Waals surface area contributed by atoms with Crippen LogP contribution in [0.1, 0.15) is 57.4 Å². The number of hydrogen-bond donors (Lipinski definition) is 1. The van der Waals surface area contributed by atoms with E-state index in [-0.39, 0.29) is 24.5 Å². The van der Waals surface area contributed by atoms with Gasteiger partial charge in [-0.3, -0.25) is 0 Å². The molecule has 1 aliphatic heterocycles. The molecule has 1 amide bonds. The average Bonchev–Trinajstić information content (AvgIpc) is 2.68. The van der Waals surface area contributed by atoms with E-state index in [4.69, 9.17) is 4.74 Å². The Morgan fingerprint density at radius 1 is 1.24 bits per heavy atom. The summed E-state index contributed by atoms with van der Waals surface area (Å²) in [7, 11) is -3.35. The van der Waals surface area contributed by atoms with Crippen LogP contribution in [0.3, 0.4) is 0 Å². The van der Waals surface area contributed by atoms with Crippen LogP contribution in [0.5, 0.6) is 0 Å². The highest BCUT2D eigenvalue weighted by Gasteiger charge is 2.44. The first-order valence-corrected chi connectivity index (χ1v) is 12.3. The van der Waals surface area contributed by atoms with Crippen molar-refractivity contribution < 1.29 is 22.3 Å². The number of benzene rings is 1. The van der Waals surface area contributed by atoms with Gasteiger partial charge in [-0.1, -0.05) is 31.4 Å². The number of nitrogens with one attached hydrogen (secondary N) is 1. The van der Waals surface area contributed by atoms with Gasteiger partial charge in [-0.25, -0.2) is 22.3 Å². The SMILES string of the molecule is CC(C1CCCCC1)N1CC[C@](CCNS(C)(=O)=O)(c2ccc(F)cc2)OC1=O. The first-order chi connectivity index (χ1) is 13.7. The Morgan fingerprint density at radius 2 is 1.90 bits per heavy atom. The highest BCUT2D eigenvalue weighted by atomic mass is 32.2. The molecule has 1 heterocycles. The number of ether oxygens (including phenoxy) is 1. The molecule has 6 nitrogen and oxygen atoms in total. The molecule has 1 saturated carbocycles. The molecule has 162 valence electrons. The molecule has 0 radical (unpaired) electrons. The minimum atomic E-state index is -3.35. The van der Waals surface area contributed by atoms with Crippen LogP contribution in [0.4, 0.5) is 9.18 Å². The third-order valence-electron chi connectivity index (χ3n) is 6.36. The number of rotatable bonds is 7. The van der Waals surface area contributed by atoms with Crippen molar-refractivity contribution in [2.45, 2.75) is 63.5 Å². The average molecular weight is 427 g/mol. The van der Waals surface area contributed by atoms with E-state index < -0.39 is 15.6 Å². The van der Waals surface area contributed by atoms with Gasteiger partial charge < -0.3 is 9.64 Å². The summed E-state index contributed by atoms with van der Waals surface area (Å²) in [4.78, 5) is 14.8. The largest absolute Gasteiger partial charge is 0.438 e. The third-order valence-corrected chi connectivity index (χ3v) is 7.09. The maximum atomic E-state index is 13.4. The molecule has 1 unspecified atom stereocenters. The molecule has 29 heavy (non-hydrogen) atoms. The van der Waals surface area contributed by atoms with Crippen LogP contribution in [-0.4, -0.2) is 44.8 Å². The van der Waals surface area contributed by atoms with Crippen LogP contribution in [0, 0.1) is 11.7 Å². The first-order valence-electron chi connectivity index (χ1n) is 10.4. The Balaban J connectivity index is 1.76. The standard InChI is InChI=1S/C21H31FN2O4S/c1-16(17-6-4-3-5-7-17)24-15-13-21(28-20(24)25,12-14-23-29(2,26)27)18-8-10-19(22)11-9-18/h8-11,16-17,23H,3-7,12-15H2,1-2H3/t16?,21-/m1/s1. The van der Waals surface area contributed by atoms with E-state index in [0.717, 1.165) is 19.1 Å². The van der Waals surface area contributed by atoms with Gasteiger partial charge in [-0.15, -0.1) is 0 Å². The summed E-state index contributed by atoms with van der Waals surface area (Å²) in [6, 6.07) is 6.02. The molecule has 0 bridgehead atoms. The summed E-state index contributed by atoms with van der Waals surface area (Å²) in [6.45, 7) is 2.77. The highest BCUT2D eigenvalue weighted by molar-refractivity contribution is 7.88. The van der Waals surface area contributed by atoms with Crippen LogP contribution in [0.15, 0.2) is 24.3 Å². The van der Waals surface area contributed by atoms with Crippen LogP contribution in [0.25, 0.3) is 0 Å². The molecule has 0 spiro atoms. The summed E-state index contributed by atoms with van der Waals surface area (Å²) in [5, 5.41) is 0. The second-order valence-corrected chi connectivity index (χ2v) is 10.2. The van der Waals surface area contributed by atoms with E-state index >= 15 is 0 Å². The van der Waals surface area contributed by atoms with Crippen LogP contribution in [-0.2, 0) is 20.4 Å². The number of carbonyl (C=O) groups excluding carboxylic acids is 1. The molecule has 2 fully saturated rings. The monoisotopic (exact) mass is 426 g/mol. The molecule has 0 aromatic heterocycles. The van der Waals surface area contributed by atoms with Gasteiger partial charge >= 0.3 is 6.09 Å². The molecule has 2 aliphatic rings. The van der Waals surface area contributed by atoms with E-state index in [2.05, 4.69) is 11.6 Å². The van der Waals surface area contributed by atoms with Crippen molar-refractivity contribution in [1.29, 1.82) is 0 Å². The van der Waals surface area contributed by atoms with E-state index in [1.165, 1.54) is 31.4 Å². The van der Waals surface area contributed by atoms with Gasteiger partial charge in [0.05, 0.1) is 6.26 Å². The van der Waals surface area contributed by atoms with Gasteiger partial charge in [0.1, 0.15) is 11.4 Å². The molecular weight excluding hydrogens is 395 g/mol. The molecule has 1 aliphatic carbocycles. The Bertz CT molecular complexity index is 808. The third kappa shape index (κ3) is 5.48. The molecular formula is C21H31FN2O4S. The lowest BCUT2D eigenvalue weighted by molar-refractivity contribution is -0.0698. The normalized spacial score (nSPS) is 24.9. The molecule has 1 N–H and O–H groups in total. The summed E-state index contributed by atoms with van der Waals surface area (Å²) in [6.07, 6.45) is 7.47. The lowest BCUT2D eigenvalue weighted by Gasteiger charge is -2.45. The molecule has 1 aromatic carbocycles. The lowest BCUT2D eigenvalue weighted by Crippen LogP contribution is -2.53. The topological polar surface area (TPSA) is 75.7 Å². The fraction of sp³-hybridized carbons (Fsp3) is 0.667. The number of nitrogens with zero attached hydrogens (tertiary/aromatic N) is 1. The zero-order chi connectivity index (χ0) is 21.1. The summed E-state index contributed by atoms with van der Waals surface area (Å²) >= 11 is 0. The Kier molecular flexibility index (Phi) is 6.83. The molecule has 1 saturated heterocycles. The Hall–Kier alpha value is -1.67. The van der Waals surface area contributed by atoms with Crippen molar-refractivity contribution >= 4 is 16.1 Å². The number of cyclic esters (lactones) is 1. The van der Waals surface area contributed by atoms with E-state index in [9.17, 15) is 17.6 Å². The van der Waals surface area contributed by atoms with Gasteiger partial charge in [0.15, 0.2) is 0 Å². The van der Waals surface area contributed by atoms with Crippen molar-refractivity contribution in [2.24, 2.45) is 5.92 Å². The van der Waals surface area contributed by atoms with Gasteiger partial charge in [0, 0.05) is 32.0 Å². The van der Waals surface area contributed by atoms with E-state index in [1.807, 2.05) is 4.90 Å². The fourth-order valence-electron chi connectivity index (χ4n) is 4.63. The van der Waals surface area contributed by atoms with Gasteiger partial charge in [0.2, 0.25) is 10.0 Å². The predicted molar refractivity (Wildman–Crippen MR) is 109 cm³/mol. The van der Waals surface area contributed by atoms with Crippen molar-refractivity contribution in [3.63, 3.8) is 0 Å². The molecule has 8 heteroatoms. The summed E-state index contributed by atoms with van der Waals surface area (Å²) < 4.78 is 44.8. The van der Waals surface area contributed by atoms with Crippen molar-refractivity contribution in [1.82, 2.24) is 9.62 Å². The van der Waals surface area contributed by atoms with Gasteiger partial charge in [-0.05, 0) is 43.4 Å². The Labute approximate surface area is 172 Å². The maximum absolute atomic E-state index is 13.4. The second-order valence-electron chi connectivity index (χ2n) is 8.37. The zero-order valence-electron chi connectivity index (χ0n) is 17.2. The van der Waals surface area contributed by atoms with Crippen LogP contribution >= 0.6 is 0 Å². The van der Waals surface area contributed by atoms with Crippen molar-refractivity contribution in [2.75, 3.05) is 19.3 Å².